The van der Waals surface area contributed by atoms with E-state index < -0.39 is 23.3 Å². The fraction of sp³-hybridized carbons (Fsp3) is 0.0714. The standard InChI is InChI=1S/C28H16F4O/c1-33-17-20-6-10-22(26(30)14-20)9-4-19-3-8-21(25(29)13-19)7-2-18-5-11-23-15-27(31)28(32)16-24(23)12-18/h3,5-6,8,10-16H,17H2,1H3. The maximum absolute atomic E-state index is 14.5. The average Bonchev–Trinajstić information content (AvgIpc) is 2.79. The Hall–Kier alpha value is -4.06. The molecule has 162 valence electrons. The predicted molar refractivity (Wildman–Crippen MR) is 119 cm³/mol. The summed E-state index contributed by atoms with van der Waals surface area (Å²) in [4.78, 5) is 0. The molecular weight excluding hydrogens is 428 g/mol. The molecule has 4 aromatic carbocycles. The summed E-state index contributed by atoms with van der Waals surface area (Å²) >= 11 is 0. The summed E-state index contributed by atoms with van der Waals surface area (Å²) in [5, 5.41) is 1.03. The van der Waals surface area contributed by atoms with E-state index in [9.17, 15) is 17.6 Å². The summed E-state index contributed by atoms with van der Waals surface area (Å²) in [6.07, 6.45) is 0. The van der Waals surface area contributed by atoms with Crippen LogP contribution >= 0.6 is 0 Å². The summed E-state index contributed by atoms with van der Waals surface area (Å²) in [5.74, 6) is 8.11. The third-order valence-corrected chi connectivity index (χ3v) is 4.88. The molecule has 0 saturated heterocycles. The van der Waals surface area contributed by atoms with E-state index in [1.54, 1.807) is 36.4 Å². The zero-order valence-corrected chi connectivity index (χ0v) is 17.5. The zero-order chi connectivity index (χ0) is 23.4. The van der Waals surface area contributed by atoms with E-state index in [2.05, 4.69) is 23.7 Å². The van der Waals surface area contributed by atoms with E-state index in [0.29, 0.717) is 34.1 Å². The summed E-state index contributed by atoms with van der Waals surface area (Å²) < 4.78 is 60.4. The van der Waals surface area contributed by atoms with E-state index >= 15 is 0 Å². The molecule has 0 aliphatic rings. The first-order valence-electron chi connectivity index (χ1n) is 9.93. The van der Waals surface area contributed by atoms with Crippen LogP contribution < -0.4 is 0 Å². The molecule has 33 heavy (non-hydrogen) atoms. The molecule has 0 amide bonds. The molecule has 0 unspecified atom stereocenters. The largest absolute Gasteiger partial charge is 0.380 e. The molecule has 0 bridgehead atoms. The van der Waals surface area contributed by atoms with Crippen molar-refractivity contribution in [3.63, 3.8) is 0 Å². The lowest BCUT2D eigenvalue weighted by Crippen LogP contribution is -1.91. The SMILES string of the molecule is COCc1ccc(C#Cc2ccc(C#Cc3ccc4cc(F)c(F)cc4c3)c(F)c2)c(F)c1. The second-order valence-corrected chi connectivity index (χ2v) is 7.27. The molecule has 0 saturated carbocycles. The van der Waals surface area contributed by atoms with Gasteiger partial charge in [-0.3, -0.25) is 0 Å². The minimum absolute atomic E-state index is 0.154. The number of hydrogen-bond acceptors (Lipinski definition) is 1. The first-order valence-corrected chi connectivity index (χ1v) is 9.93. The second-order valence-electron chi connectivity index (χ2n) is 7.27. The molecule has 0 aromatic heterocycles. The average molecular weight is 444 g/mol. The Kier molecular flexibility index (Phi) is 6.45. The van der Waals surface area contributed by atoms with Gasteiger partial charge in [0, 0.05) is 18.2 Å². The summed E-state index contributed by atoms with van der Waals surface area (Å²) in [6.45, 7) is 0.299. The minimum atomic E-state index is -0.943. The molecule has 0 atom stereocenters. The smallest absolute Gasteiger partial charge is 0.159 e. The molecule has 0 fully saturated rings. The predicted octanol–water partition coefficient (Wildman–Crippen LogP) is 6.34. The van der Waals surface area contributed by atoms with Crippen LogP contribution in [0.2, 0.25) is 0 Å². The topological polar surface area (TPSA) is 9.23 Å². The number of ether oxygens (including phenoxy) is 1. The maximum atomic E-state index is 14.5. The molecule has 4 rings (SSSR count). The van der Waals surface area contributed by atoms with Crippen LogP contribution in [0.1, 0.15) is 27.8 Å². The van der Waals surface area contributed by atoms with Crippen LogP contribution in [0.4, 0.5) is 17.6 Å². The van der Waals surface area contributed by atoms with Crippen LogP contribution in [-0.4, -0.2) is 7.11 Å². The molecule has 0 radical (unpaired) electrons. The number of benzene rings is 4. The third kappa shape index (κ3) is 5.23. The van der Waals surface area contributed by atoms with Crippen molar-refractivity contribution in [1.29, 1.82) is 0 Å². The number of rotatable bonds is 2. The van der Waals surface area contributed by atoms with Gasteiger partial charge in [0.1, 0.15) is 11.6 Å². The molecule has 1 nitrogen and oxygen atoms in total. The molecule has 0 N–H and O–H groups in total. The summed E-state index contributed by atoms with van der Waals surface area (Å²) in [6, 6.07) is 16.0. The molecule has 0 spiro atoms. The van der Waals surface area contributed by atoms with E-state index in [4.69, 9.17) is 4.74 Å². The van der Waals surface area contributed by atoms with Crippen LogP contribution in [0.5, 0.6) is 0 Å². The van der Waals surface area contributed by atoms with Gasteiger partial charge in [0.15, 0.2) is 11.6 Å². The second kappa shape index (κ2) is 9.61. The highest BCUT2D eigenvalue weighted by Gasteiger charge is 2.05. The first-order chi connectivity index (χ1) is 15.9. The van der Waals surface area contributed by atoms with Crippen LogP contribution in [0.3, 0.4) is 0 Å². The van der Waals surface area contributed by atoms with Gasteiger partial charge in [-0.2, -0.15) is 0 Å². The fourth-order valence-corrected chi connectivity index (χ4v) is 3.21. The fourth-order valence-electron chi connectivity index (χ4n) is 3.21. The van der Waals surface area contributed by atoms with Gasteiger partial charge in [0.25, 0.3) is 0 Å². The van der Waals surface area contributed by atoms with Crippen molar-refractivity contribution in [2.75, 3.05) is 7.11 Å². The van der Waals surface area contributed by atoms with Crippen molar-refractivity contribution in [2.24, 2.45) is 0 Å². The Morgan fingerprint density at radius 2 is 1.15 bits per heavy atom. The van der Waals surface area contributed by atoms with Crippen molar-refractivity contribution in [2.45, 2.75) is 6.61 Å². The van der Waals surface area contributed by atoms with E-state index in [1.165, 1.54) is 25.3 Å². The highest BCUT2D eigenvalue weighted by molar-refractivity contribution is 5.84. The minimum Gasteiger partial charge on any atom is -0.380 e. The van der Waals surface area contributed by atoms with Crippen molar-refractivity contribution in [3.05, 3.63) is 118 Å². The Balaban J connectivity index is 1.55. The Labute approximate surface area is 188 Å². The number of methoxy groups -OCH3 is 1. The summed E-state index contributed by atoms with van der Waals surface area (Å²) in [5.41, 5.74) is 1.96. The zero-order valence-electron chi connectivity index (χ0n) is 17.5. The van der Waals surface area contributed by atoms with E-state index in [0.717, 1.165) is 12.1 Å². The molecule has 0 heterocycles. The molecule has 0 aliphatic heterocycles. The molecule has 5 heteroatoms. The lowest BCUT2D eigenvalue weighted by Gasteiger charge is -2.01. The lowest BCUT2D eigenvalue weighted by atomic mass is 10.1. The Bertz CT molecular complexity index is 1480. The maximum Gasteiger partial charge on any atom is 0.159 e. The van der Waals surface area contributed by atoms with Gasteiger partial charge in [-0.1, -0.05) is 35.8 Å². The van der Waals surface area contributed by atoms with Gasteiger partial charge in [-0.05, 0) is 70.9 Å². The van der Waals surface area contributed by atoms with Crippen LogP contribution in [0.25, 0.3) is 10.8 Å². The first kappa shape index (κ1) is 22.1. The molecule has 4 aromatic rings. The van der Waals surface area contributed by atoms with E-state index in [1.807, 2.05) is 0 Å². The number of fused-ring (bicyclic) bond motifs is 1. The highest BCUT2D eigenvalue weighted by atomic mass is 19.2. The third-order valence-electron chi connectivity index (χ3n) is 4.88. The number of halogens is 4. The van der Waals surface area contributed by atoms with Gasteiger partial charge >= 0.3 is 0 Å². The van der Waals surface area contributed by atoms with Gasteiger partial charge in [-0.25, -0.2) is 17.6 Å². The van der Waals surface area contributed by atoms with Crippen LogP contribution in [-0.2, 0) is 11.3 Å². The van der Waals surface area contributed by atoms with Crippen molar-refractivity contribution in [3.8, 4) is 23.7 Å². The molecule has 0 aliphatic carbocycles. The van der Waals surface area contributed by atoms with Crippen LogP contribution in [0, 0.1) is 47.0 Å². The molecular formula is C28H16F4O. The summed E-state index contributed by atoms with van der Waals surface area (Å²) in [7, 11) is 1.53. The van der Waals surface area contributed by atoms with Gasteiger partial charge in [-0.15, -0.1) is 0 Å². The highest BCUT2D eigenvalue weighted by Crippen LogP contribution is 2.20. The van der Waals surface area contributed by atoms with E-state index in [-0.39, 0.29) is 11.1 Å². The normalized spacial score (nSPS) is 10.3. The Morgan fingerprint density at radius 1 is 0.576 bits per heavy atom. The van der Waals surface area contributed by atoms with Crippen molar-refractivity contribution >= 4 is 10.8 Å². The van der Waals surface area contributed by atoms with Gasteiger partial charge in [0.05, 0.1) is 17.7 Å². The van der Waals surface area contributed by atoms with Crippen molar-refractivity contribution in [1.82, 2.24) is 0 Å². The monoisotopic (exact) mass is 444 g/mol. The van der Waals surface area contributed by atoms with Crippen LogP contribution in [0.15, 0.2) is 66.7 Å². The van der Waals surface area contributed by atoms with Crippen molar-refractivity contribution < 1.29 is 22.3 Å². The lowest BCUT2D eigenvalue weighted by molar-refractivity contribution is 0.184. The van der Waals surface area contributed by atoms with Gasteiger partial charge < -0.3 is 4.74 Å². The number of hydrogen-bond donors (Lipinski definition) is 0. The quantitative estimate of drug-likeness (QED) is 0.259. The van der Waals surface area contributed by atoms with Gasteiger partial charge in [0.2, 0.25) is 0 Å². The Morgan fingerprint density at radius 3 is 1.79 bits per heavy atom.